The molecule has 0 spiro atoms. The second-order valence-corrected chi connectivity index (χ2v) is 1.82. The Kier molecular flexibility index (Phi) is 2.30. The number of hydrogen-bond acceptors (Lipinski definition) is 1. The molecule has 7 heavy (non-hydrogen) atoms. The minimum Gasteiger partial charge on any atom is -0.396 e. The van der Waals surface area contributed by atoms with Crippen LogP contribution in [-0.2, 0) is 0 Å². The lowest BCUT2D eigenvalue weighted by molar-refractivity contribution is 0.229. The van der Waals surface area contributed by atoms with E-state index in [-0.39, 0.29) is 5.92 Å². The van der Waals surface area contributed by atoms with Crippen molar-refractivity contribution < 1.29 is 7.85 Å². The van der Waals surface area contributed by atoms with Crippen molar-refractivity contribution in [3.8, 4) is 0 Å². The highest BCUT2D eigenvalue weighted by Crippen LogP contribution is 2.01. The molecule has 0 rings (SSSR count). The minimum atomic E-state index is -1.99. The molecular weight excluding hydrogens is 88.1 g/mol. The fourth-order valence-corrected chi connectivity index (χ4v) is 0.498. The summed E-state index contributed by atoms with van der Waals surface area (Å²) in [6.07, 6.45) is 1.66. The monoisotopic (exact) mass is 104 g/mol. The third kappa shape index (κ3) is 3.80. The van der Waals surface area contributed by atoms with E-state index >= 15 is 0 Å². The highest BCUT2D eigenvalue weighted by atomic mass is 16.3. The molecule has 0 aliphatic heterocycles. The normalized spacial score (nSPS) is 20.4. The Morgan fingerprint density at radius 3 is 2.57 bits per heavy atom. The zero-order valence-electron chi connectivity index (χ0n) is 6.94. The SMILES string of the molecule is [2H]C([2H])(O)[C@H](C)CCC. The van der Waals surface area contributed by atoms with E-state index in [2.05, 4.69) is 0 Å². The lowest BCUT2D eigenvalue weighted by Crippen LogP contribution is -1.98. The van der Waals surface area contributed by atoms with Gasteiger partial charge in [0.05, 0.1) is 2.74 Å². The van der Waals surface area contributed by atoms with Crippen LogP contribution in [0.1, 0.15) is 29.4 Å². The van der Waals surface area contributed by atoms with Gasteiger partial charge in [0.1, 0.15) is 0 Å². The zero-order chi connectivity index (χ0) is 7.49. The smallest absolute Gasteiger partial charge is 0.0566 e. The summed E-state index contributed by atoms with van der Waals surface area (Å²) in [5.41, 5.74) is 0. The van der Waals surface area contributed by atoms with E-state index in [1.165, 1.54) is 0 Å². The van der Waals surface area contributed by atoms with Crippen molar-refractivity contribution in [1.29, 1.82) is 0 Å². The molecule has 0 amide bonds. The lowest BCUT2D eigenvalue weighted by Gasteiger charge is -2.01. The van der Waals surface area contributed by atoms with Crippen molar-refractivity contribution in [1.82, 2.24) is 0 Å². The molecule has 1 atom stereocenters. The van der Waals surface area contributed by atoms with Crippen LogP contribution >= 0.6 is 0 Å². The van der Waals surface area contributed by atoms with Crippen LogP contribution in [0.15, 0.2) is 0 Å². The Bertz CT molecular complexity index is 77.6. The molecule has 0 aromatic heterocycles. The second kappa shape index (κ2) is 4.13. The number of hydrogen-bond donors (Lipinski definition) is 1. The molecule has 0 aromatic carbocycles. The summed E-state index contributed by atoms with van der Waals surface area (Å²) in [5, 5.41) is 8.75. The minimum absolute atomic E-state index is 0.248. The maximum absolute atomic E-state index is 8.75. The van der Waals surface area contributed by atoms with Crippen LogP contribution in [0.25, 0.3) is 0 Å². The van der Waals surface area contributed by atoms with Gasteiger partial charge in [-0.3, -0.25) is 0 Å². The maximum atomic E-state index is 8.75. The molecule has 0 aliphatic carbocycles. The summed E-state index contributed by atoms with van der Waals surface area (Å²) in [4.78, 5) is 0. The van der Waals surface area contributed by atoms with Gasteiger partial charge in [0, 0.05) is 6.56 Å². The third-order valence-corrected chi connectivity index (χ3v) is 0.942. The van der Waals surface area contributed by atoms with Crippen LogP contribution in [0.3, 0.4) is 0 Å². The zero-order valence-corrected chi connectivity index (χ0v) is 4.94. The first kappa shape index (κ1) is 3.90. The Morgan fingerprint density at radius 1 is 1.86 bits per heavy atom. The van der Waals surface area contributed by atoms with Gasteiger partial charge in [-0.25, -0.2) is 0 Å². The summed E-state index contributed by atoms with van der Waals surface area (Å²) in [6, 6.07) is 0. The van der Waals surface area contributed by atoms with Crippen molar-refractivity contribution >= 4 is 0 Å². The molecule has 0 radical (unpaired) electrons. The molecule has 44 valence electrons. The lowest BCUT2D eigenvalue weighted by atomic mass is 10.1. The van der Waals surface area contributed by atoms with Gasteiger partial charge in [0.2, 0.25) is 0 Å². The summed E-state index contributed by atoms with van der Waals surface area (Å²) in [6.45, 7) is 1.70. The van der Waals surface area contributed by atoms with E-state index in [4.69, 9.17) is 7.85 Å². The predicted molar refractivity (Wildman–Crippen MR) is 31.2 cm³/mol. The van der Waals surface area contributed by atoms with E-state index in [0.29, 0.717) is 0 Å². The van der Waals surface area contributed by atoms with Gasteiger partial charge in [-0.05, 0) is 12.3 Å². The van der Waals surface area contributed by atoms with E-state index < -0.39 is 6.56 Å². The van der Waals surface area contributed by atoms with Crippen molar-refractivity contribution in [2.45, 2.75) is 26.7 Å². The standard InChI is InChI=1S/C6H14O/c1-3-4-6(2)5-7/h6-7H,3-5H2,1-2H3/t6-/m1/s1/i5D2. The molecule has 1 heteroatoms. The molecule has 0 aromatic rings. The molecular formula is C6H14O. The number of aliphatic hydroxyl groups is 1. The van der Waals surface area contributed by atoms with E-state index in [1.807, 2.05) is 6.92 Å². The average molecular weight is 104 g/mol. The van der Waals surface area contributed by atoms with Crippen molar-refractivity contribution in [2.75, 3.05) is 6.56 Å². The van der Waals surface area contributed by atoms with Gasteiger partial charge in [-0.2, -0.15) is 0 Å². The largest absolute Gasteiger partial charge is 0.396 e. The first-order valence-corrected chi connectivity index (χ1v) is 2.70. The fraction of sp³-hybridized carbons (Fsp3) is 1.00. The van der Waals surface area contributed by atoms with Crippen molar-refractivity contribution in [3.63, 3.8) is 0 Å². The Morgan fingerprint density at radius 2 is 2.43 bits per heavy atom. The molecule has 1 N–H and O–H groups in total. The highest BCUT2D eigenvalue weighted by molar-refractivity contribution is 4.45. The summed E-state index contributed by atoms with van der Waals surface area (Å²) >= 11 is 0. The highest BCUT2D eigenvalue weighted by Gasteiger charge is 1.93. The van der Waals surface area contributed by atoms with Gasteiger partial charge >= 0.3 is 0 Å². The van der Waals surface area contributed by atoms with E-state index in [0.717, 1.165) is 12.8 Å². The molecule has 1 nitrogen and oxygen atoms in total. The average Bonchev–Trinajstić information content (AvgIpc) is 1.64. The van der Waals surface area contributed by atoms with Crippen LogP contribution in [-0.4, -0.2) is 11.7 Å². The molecule has 0 saturated heterocycles. The molecule has 0 aliphatic rings. The Balaban J connectivity index is 3.59. The Labute approximate surface area is 48.2 Å². The molecule has 0 fully saturated rings. The Hall–Kier alpha value is -0.0400. The third-order valence-electron chi connectivity index (χ3n) is 0.942. The van der Waals surface area contributed by atoms with Crippen LogP contribution in [0.4, 0.5) is 0 Å². The maximum Gasteiger partial charge on any atom is 0.0566 e. The molecule has 0 heterocycles. The van der Waals surface area contributed by atoms with Gasteiger partial charge in [0.15, 0.2) is 0 Å². The molecule has 0 bridgehead atoms. The summed E-state index contributed by atoms with van der Waals surface area (Å²) < 4.78 is 13.7. The summed E-state index contributed by atoms with van der Waals surface area (Å²) in [7, 11) is 0. The van der Waals surface area contributed by atoms with Gasteiger partial charge in [-0.15, -0.1) is 0 Å². The van der Waals surface area contributed by atoms with Crippen molar-refractivity contribution in [2.24, 2.45) is 5.92 Å². The van der Waals surface area contributed by atoms with Crippen LogP contribution in [0, 0.1) is 5.92 Å². The van der Waals surface area contributed by atoms with Gasteiger partial charge in [0.25, 0.3) is 0 Å². The van der Waals surface area contributed by atoms with Crippen molar-refractivity contribution in [3.05, 3.63) is 0 Å². The predicted octanol–water partition coefficient (Wildman–Crippen LogP) is 1.41. The van der Waals surface area contributed by atoms with E-state index in [9.17, 15) is 0 Å². The molecule has 0 saturated carbocycles. The summed E-state index contributed by atoms with van der Waals surface area (Å²) in [5.74, 6) is -0.248. The number of rotatable bonds is 3. The fourth-order valence-electron chi connectivity index (χ4n) is 0.498. The van der Waals surface area contributed by atoms with Gasteiger partial charge < -0.3 is 5.11 Å². The van der Waals surface area contributed by atoms with Crippen LogP contribution in [0.5, 0.6) is 0 Å². The first-order valence-electron chi connectivity index (χ1n) is 3.70. The van der Waals surface area contributed by atoms with Crippen LogP contribution in [0.2, 0.25) is 0 Å². The van der Waals surface area contributed by atoms with E-state index in [1.54, 1.807) is 6.92 Å². The quantitative estimate of drug-likeness (QED) is 0.574. The topological polar surface area (TPSA) is 20.2 Å². The molecule has 0 unspecified atom stereocenters. The second-order valence-electron chi connectivity index (χ2n) is 1.82. The van der Waals surface area contributed by atoms with Crippen LogP contribution < -0.4 is 0 Å². The van der Waals surface area contributed by atoms with Gasteiger partial charge in [-0.1, -0.05) is 20.3 Å². The first-order chi connectivity index (χ1) is 3.98.